The number of thioether (sulfide) groups is 1. The molecule has 0 fully saturated rings. The van der Waals surface area contributed by atoms with Crippen LogP contribution in [0.2, 0.25) is 0 Å². The number of nitrogens with zero attached hydrogens (tertiary/aromatic N) is 4. The van der Waals surface area contributed by atoms with Gasteiger partial charge < -0.3 is 9.30 Å². The number of aliphatic imine (C=N–C) groups is 1. The van der Waals surface area contributed by atoms with E-state index < -0.39 is 5.91 Å². The average Bonchev–Trinajstić information content (AvgIpc) is 3.35. The van der Waals surface area contributed by atoms with Gasteiger partial charge in [-0.2, -0.15) is 15.1 Å². The topological polar surface area (TPSA) is 83.0 Å². The van der Waals surface area contributed by atoms with Gasteiger partial charge in [0.05, 0.1) is 12.1 Å². The highest BCUT2D eigenvalue weighted by Gasteiger charge is 2.35. The van der Waals surface area contributed by atoms with Crippen molar-refractivity contribution in [3.63, 3.8) is 0 Å². The number of hydrazone groups is 1. The lowest BCUT2D eigenvalue weighted by molar-refractivity contribution is -0.114. The Hall–Kier alpha value is -3.65. The van der Waals surface area contributed by atoms with Crippen molar-refractivity contribution >= 4 is 50.7 Å². The van der Waals surface area contributed by atoms with Crippen LogP contribution < -0.4 is 4.74 Å². The van der Waals surface area contributed by atoms with Crippen LogP contribution in [0, 0.1) is 19.3 Å². The third-order valence-electron chi connectivity index (χ3n) is 6.10. The molecule has 0 unspecified atom stereocenters. The molecule has 1 amide bonds. The third-order valence-corrected chi connectivity index (χ3v) is 7.07. The molecule has 7 nitrogen and oxygen atoms in total. The number of ether oxygens (including phenoxy) is 1. The predicted octanol–water partition coefficient (Wildman–Crippen LogP) is 5.76. The Labute approximate surface area is 208 Å². The molecule has 0 saturated heterocycles. The first-order valence-electron chi connectivity index (χ1n) is 11.7. The maximum atomic E-state index is 12.9. The summed E-state index contributed by atoms with van der Waals surface area (Å²) in [5, 5.41) is 17.1. The van der Waals surface area contributed by atoms with Crippen molar-refractivity contribution in [1.29, 1.82) is 5.41 Å². The van der Waals surface area contributed by atoms with Crippen LogP contribution in [0.3, 0.4) is 0 Å². The van der Waals surface area contributed by atoms with E-state index in [2.05, 4.69) is 27.7 Å². The highest BCUT2D eigenvalue weighted by Crippen LogP contribution is 2.32. The van der Waals surface area contributed by atoms with Gasteiger partial charge >= 0.3 is 0 Å². The summed E-state index contributed by atoms with van der Waals surface area (Å²) in [7, 11) is 0. The molecule has 1 aromatic heterocycles. The van der Waals surface area contributed by atoms with Gasteiger partial charge in [-0.3, -0.25) is 10.2 Å². The molecule has 0 spiro atoms. The second kappa shape index (κ2) is 9.54. The lowest BCUT2D eigenvalue weighted by atomic mass is 10.1. The van der Waals surface area contributed by atoms with Crippen molar-refractivity contribution in [3.8, 4) is 5.75 Å². The Morgan fingerprint density at radius 2 is 1.97 bits per heavy atom. The maximum absolute atomic E-state index is 12.9. The predicted molar refractivity (Wildman–Crippen MR) is 143 cm³/mol. The number of amides is 1. The zero-order valence-electron chi connectivity index (χ0n) is 20.0. The lowest BCUT2D eigenvalue weighted by Crippen LogP contribution is -2.35. The molecule has 2 aromatic carbocycles. The summed E-state index contributed by atoms with van der Waals surface area (Å²) in [6.45, 7) is 7.33. The molecule has 0 aliphatic carbocycles. The van der Waals surface area contributed by atoms with Gasteiger partial charge in [-0.25, -0.2) is 0 Å². The van der Waals surface area contributed by atoms with Crippen LogP contribution in [0.25, 0.3) is 17.0 Å². The molecule has 178 valence electrons. The van der Waals surface area contributed by atoms with Gasteiger partial charge in [0, 0.05) is 22.2 Å². The zero-order chi connectivity index (χ0) is 24.5. The quantitative estimate of drug-likeness (QED) is 0.432. The van der Waals surface area contributed by atoms with E-state index in [0.29, 0.717) is 18.3 Å². The second-order valence-corrected chi connectivity index (χ2v) is 9.64. The van der Waals surface area contributed by atoms with Gasteiger partial charge in [-0.15, -0.1) is 0 Å². The summed E-state index contributed by atoms with van der Waals surface area (Å²) in [5.41, 5.74) is 4.38. The fraction of sp³-hybridized carbons (Fsp3) is 0.259. The fourth-order valence-electron chi connectivity index (χ4n) is 4.38. The van der Waals surface area contributed by atoms with Crippen molar-refractivity contribution in [2.75, 3.05) is 6.61 Å². The number of carbonyl (C=O) groups excluding carboxylic acids is 1. The number of amidine groups is 2. The van der Waals surface area contributed by atoms with E-state index in [4.69, 9.17) is 10.1 Å². The molecule has 0 bridgehead atoms. The van der Waals surface area contributed by atoms with Crippen LogP contribution >= 0.6 is 11.8 Å². The van der Waals surface area contributed by atoms with E-state index in [1.54, 1.807) is 6.08 Å². The van der Waals surface area contributed by atoms with Crippen molar-refractivity contribution in [1.82, 2.24) is 9.58 Å². The Morgan fingerprint density at radius 3 is 2.77 bits per heavy atom. The van der Waals surface area contributed by atoms with Crippen LogP contribution in [0.1, 0.15) is 36.6 Å². The standard InChI is InChI=1S/C27H27N5O2S/c1-4-8-24-30-32-25(28)22(26(33)29-27(32)35-24)16-21-18(3)31(23-12-6-5-11-20(21)23)13-14-34-19-10-7-9-17(2)15-19/h5-7,9-12,15-16,28H,4,8,13-14H2,1-3H3/b22-16-,28-25?. The molecule has 8 heteroatoms. The molecule has 3 heterocycles. The van der Waals surface area contributed by atoms with E-state index in [-0.39, 0.29) is 11.4 Å². The van der Waals surface area contributed by atoms with E-state index in [9.17, 15) is 4.79 Å². The number of benzene rings is 2. The van der Waals surface area contributed by atoms with Gasteiger partial charge in [0.15, 0.2) is 5.84 Å². The Morgan fingerprint density at radius 1 is 1.14 bits per heavy atom. The largest absolute Gasteiger partial charge is 0.492 e. The highest BCUT2D eigenvalue weighted by molar-refractivity contribution is 8.26. The van der Waals surface area contributed by atoms with Crippen LogP contribution in [0.5, 0.6) is 5.75 Å². The number of para-hydroxylation sites is 1. The van der Waals surface area contributed by atoms with Gasteiger partial charge in [-0.1, -0.05) is 37.3 Å². The van der Waals surface area contributed by atoms with Crippen molar-refractivity contribution in [2.24, 2.45) is 10.1 Å². The number of carbonyl (C=O) groups is 1. The zero-order valence-corrected chi connectivity index (χ0v) is 20.9. The number of hydrogen-bond donors (Lipinski definition) is 1. The summed E-state index contributed by atoms with van der Waals surface area (Å²) in [5.74, 6) is 0.515. The Bertz CT molecular complexity index is 1430. The van der Waals surface area contributed by atoms with Crippen molar-refractivity contribution in [2.45, 2.75) is 40.2 Å². The first-order valence-corrected chi connectivity index (χ1v) is 12.5. The molecule has 3 aromatic rings. The van der Waals surface area contributed by atoms with Crippen LogP contribution in [-0.4, -0.2) is 38.1 Å². The molecular weight excluding hydrogens is 458 g/mol. The average molecular weight is 486 g/mol. The molecule has 0 radical (unpaired) electrons. The number of fused-ring (bicyclic) bond motifs is 2. The summed E-state index contributed by atoms with van der Waals surface area (Å²) in [6.07, 6.45) is 3.54. The van der Waals surface area contributed by atoms with Crippen LogP contribution in [-0.2, 0) is 11.3 Å². The molecule has 2 aliphatic heterocycles. The number of aromatic nitrogens is 1. The smallest absolute Gasteiger partial charge is 0.283 e. The Kier molecular flexibility index (Phi) is 6.30. The van der Waals surface area contributed by atoms with Crippen LogP contribution in [0.15, 0.2) is 64.2 Å². The highest BCUT2D eigenvalue weighted by atomic mass is 32.2. The molecular formula is C27H27N5O2S. The third kappa shape index (κ3) is 4.41. The minimum Gasteiger partial charge on any atom is -0.492 e. The molecule has 0 atom stereocenters. The number of nitrogens with one attached hydrogen (secondary N) is 1. The fourth-order valence-corrected chi connectivity index (χ4v) is 5.37. The lowest BCUT2D eigenvalue weighted by Gasteiger charge is -2.20. The maximum Gasteiger partial charge on any atom is 0.283 e. The van der Waals surface area contributed by atoms with Gasteiger partial charge in [0.25, 0.3) is 5.91 Å². The first-order chi connectivity index (χ1) is 17.0. The van der Waals surface area contributed by atoms with E-state index in [0.717, 1.165) is 51.4 Å². The summed E-state index contributed by atoms with van der Waals surface area (Å²) in [6, 6.07) is 16.1. The first kappa shape index (κ1) is 23.1. The van der Waals surface area contributed by atoms with Gasteiger partial charge in [0.1, 0.15) is 17.4 Å². The van der Waals surface area contributed by atoms with Gasteiger partial charge in [0.2, 0.25) is 5.17 Å². The number of hydrogen-bond acceptors (Lipinski definition) is 5. The summed E-state index contributed by atoms with van der Waals surface area (Å²) < 4.78 is 8.20. The van der Waals surface area contributed by atoms with E-state index >= 15 is 0 Å². The molecule has 2 aliphatic rings. The van der Waals surface area contributed by atoms with E-state index in [1.165, 1.54) is 16.8 Å². The minimum absolute atomic E-state index is 0.0672. The molecule has 5 rings (SSSR count). The van der Waals surface area contributed by atoms with Crippen molar-refractivity contribution < 1.29 is 9.53 Å². The Balaban J connectivity index is 1.47. The van der Waals surface area contributed by atoms with Crippen LogP contribution in [0.4, 0.5) is 0 Å². The minimum atomic E-state index is -0.402. The van der Waals surface area contributed by atoms with E-state index in [1.807, 2.05) is 56.3 Å². The van der Waals surface area contributed by atoms with Crippen molar-refractivity contribution in [3.05, 3.63) is 70.9 Å². The second-order valence-electron chi connectivity index (χ2n) is 8.60. The molecule has 35 heavy (non-hydrogen) atoms. The summed E-state index contributed by atoms with van der Waals surface area (Å²) >= 11 is 1.37. The SMILES string of the molecule is CCCC1=NN2C(=N)/C(=C/c3c(C)n(CCOc4cccc(C)c4)c4ccccc34)C(=O)N=C2S1. The number of rotatable bonds is 7. The monoisotopic (exact) mass is 485 g/mol. The normalized spacial score (nSPS) is 16.7. The summed E-state index contributed by atoms with van der Waals surface area (Å²) in [4.78, 5) is 17.1. The number of aryl methyl sites for hydroxylation is 1. The van der Waals surface area contributed by atoms with Gasteiger partial charge in [-0.05, 0) is 68.3 Å². The molecule has 0 saturated carbocycles. The molecule has 1 N–H and O–H groups in total.